The Hall–Kier alpha value is -3.33. The van der Waals surface area contributed by atoms with Crippen LogP contribution in [0.4, 0.5) is 17.6 Å². The number of benzene rings is 2. The Morgan fingerprint density at radius 2 is 1.75 bits per heavy atom. The third kappa shape index (κ3) is 6.66. The van der Waals surface area contributed by atoms with Crippen molar-refractivity contribution in [3.8, 4) is 0 Å². The zero-order valence-electron chi connectivity index (χ0n) is 19.7. The Bertz CT molecular complexity index is 1210. The van der Waals surface area contributed by atoms with E-state index in [0.717, 1.165) is 37.7 Å². The van der Waals surface area contributed by atoms with Crippen LogP contribution in [-0.2, 0) is 36.7 Å². The molecule has 0 spiro atoms. The van der Waals surface area contributed by atoms with Crippen LogP contribution >= 0.6 is 0 Å². The third-order valence-electron chi connectivity index (χ3n) is 6.54. The van der Waals surface area contributed by atoms with Crippen molar-refractivity contribution in [3.05, 3.63) is 93.8 Å². The standard InChI is InChI=1S/C27H28F4N4O/c28-22-7-5-21(15-25(32)36)20(14-22)6-8-24-23(27(29,30)31)16-34-26(35-24)13-17-1-3-18(4-2-17)19-9-11-33-12-10-19/h1-5,7,14,16,19,33H,6,8-13,15H2,(H2,32,36). The molecule has 4 rings (SSSR count). The molecule has 1 aliphatic heterocycles. The van der Waals surface area contributed by atoms with Gasteiger partial charge in [-0.25, -0.2) is 14.4 Å². The molecule has 1 aromatic heterocycles. The molecular formula is C27H28F4N4O. The molecule has 0 unspecified atom stereocenters. The maximum absolute atomic E-state index is 13.8. The lowest BCUT2D eigenvalue weighted by Gasteiger charge is -2.23. The van der Waals surface area contributed by atoms with E-state index in [1.54, 1.807) is 0 Å². The van der Waals surface area contributed by atoms with Gasteiger partial charge in [-0.3, -0.25) is 4.79 Å². The van der Waals surface area contributed by atoms with Gasteiger partial charge in [0.25, 0.3) is 0 Å². The fourth-order valence-corrected chi connectivity index (χ4v) is 4.66. The quantitative estimate of drug-likeness (QED) is 0.446. The van der Waals surface area contributed by atoms with E-state index < -0.39 is 23.5 Å². The Balaban J connectivity index is 1.53. The highest BCUT2D eigenvalue weighted by molar-refractivity contribution is 5.77. The summed E-state index contributed by atoms with van der Waals surface area (Å²) in [5, 5.41) is 3.35. The monoisotopic (exact) mass is 500 g/mol. The minimum atomic E-state index is -4.62. The Morgan fingerprint density at radius 3 is 2.42 bits per heavy atom. The predicted molar refractivity (Wildman–Crippen MR) is 128 cm³/mol. The second-order valence-corrected chi connectivity index (χ2v) is 9.14. The molecule has 1 aliphatic rings. The Labute approximate surface area is 207 Å². The molecule has 9 heteroatoms. The summed E-state index contributed by atoms with van der Waals surface area (Å²) in [6.07, 6.45) is -1.48. The lowest BCUT2D eigenvalue weighted by molar-refractivity contribution is -0.138. The number of rotatable bonds is 8. The topological polar surface area (TPSA) is 80.9 Å². The van der Waals surface area contributed by atoms with Gasteiger partial charge in [-0.05, 0) is 79.1 Å². The van der Waals surface area contributed by atoms with E-state index in [0.29, 0.717) is 23.5 Å². The number of halogens is 4. The van der Waals surface area contributed by atoms with Crippen molar-refractivity contribution in [2.24, 2.45) is 5.73 Å². The number of amides is 1. The largest absolute Gasteiger partial charge is 0.419 e. The van der Waals surface area contributed by atoms with E-state index in [9.17, 15) is 22.4 Å². The lowest BCUT2D eigenvalue weighted by Crippen LogP contribution is -2.26. The third-order valence-corrected chi connectivity index (χ3v) is 6.54. The van der Waals surface area contributed by atoms with Crippen LogP contribution < -0.4 is 11.1 Å². The fraction of sp³-hybridized carbons (Fsp3) is 0.370. The Kier molecular flexibility index (Phi) is 7.98. The molecule has 0 bridgehead atoms. The van der Waals surface area contributed by atoms with E-state index in [1.165, 1.54) is 23.8 Å². The highest BCUT2D eigenvalue weighted by Crippen LogP contribution is 2.32. The van der Waals surface area contributed by atoms with Crippen molar-refractivity contribution in [2.45, 2.75) is 50.6 Å². The number of nitrogens with one attached hydrogen (secondary N) is 1. The Morgan fingerprint density at radius 1 is 1.03 bits per heavy atom. The number of aromatic nitrogens is 2. The van der Waals surface area contributed by atoms with E-state index in [-0.39, 0.29) is 30.8 Å². The second kappa shape index (κ2) is 11.2. The van der Waals surface area contributed by atoms with Crippen LogP contribution in [0.2, 0.25) is 0 Å². The number of piperidine rings is 1. The molecule has 2 heterocycles. The van der Waals surface area contributed by atoms with Crippen molar-refractivity contribution in [2.75, 3.05) is 13.1 Å². The van der Waals surface area contributed by atoms with Gasteiger partial charge in [0.1, 0.15) is 11.6 Å². The van der Waals surface area contributed by atoms with Crippen LogP contribution in [0.25, 0.3) is 0 Å². The molecule has 2 aromatic carbocycles. The molecule has 3 aromatic rings. The van der Waals surface area contributed by atoms with E-state index >= 15 is 0 Å². The molecule has 0 saturated carbocycles. The number of hydrogen-bond acceptors (Lipinski definition) is 4. The van der Waals surface area contributed by atoms with Crippen molar-refractivity contribution in [1.82, 2.24) is 15.3 Å². The highest BCUT2D eigenvalue weighted by Gasteiger charge is 2.34. The smallest absolute Gasteiger partial charge is 0.369 e. The van der Waals surface area contributed by atoms with Crippen molar-refractivity contribution < 1.29 is 22.4 Å². The average molecular weight is 501 g/mol. The first-order valence-corrected chi connectivity index (χ1v) is 12.0. The molecule has 190 valence electrons. The number of carbonyl (C=O) groups excluding carboxylic acids is 1. The number of primary amides is 1. The summed E-state index contributed by atoms with van der Waals surface area (Å²) in [7, 11) is 0. The number of alkyl halides is 3. The van der Waals surface area contributed by atoms with Crippen LogP contribution in [0.5, 0.6) is 0 Å². The predicted octanol–water partition coefficient (Wildman–Crippen LogP) is 4.51. The minimum absolute atomic E-state index is 0.0743. The lowest BCUT2D eigenvalue weighted by atomic mass is 9.89. The summed E-state index contributed by atoms with van der Waals surface area (Å²) in [6.45, 7) is 1.99. The number of aryl methyl sites for hydroxylation is 2. The van der Waals surface area contributed by atoms with Gasteiger partial charge in [0, 0.05) is 12.6 Å². The van der Waals surface area contributed by atoms with Gasteiger partial charge in [0.2, 0.25) is 5.91 Å². The van der Waals surface area contributed by atoms with Crippen molar-refractivity contribution >= 4 is 5.91 Å². The molecule has 0 aliphatic carbocycles. The first kappa shape index (κ1) is 25.8. The van der Waals surface area contributed by atoms with Gasteiger partial charge in [-0.1, -0.05) is 30.3 Å². The zero-order valence-corrected chi connectivity index (χ0v) is 19.7. The molecule has 5 nitrogen and oxygen atoms in total. The second-order valence-electron chi connectivity index (χ2n) is 9.14. The normalized spacial score (nSPS) is 14.7. The van der Waals surface area contributed by atoms with E-state index in [2.05, 4.69) is 27.4 Å². The number of nitrogens with two attached hydrogens (primary N) is 1. The van der Waals surface area contributed by atoms with Crippen LogP contribution in [0.1, 0.15) is 58.1 Å². The van der Waals surface area contributed by atoms with Crippen LogP contribution in [0.3, 0.4) is 0 Å². The molecule has 3 N–H and O–H groups in total. The molecule has 1 fully saturated rings. The maximum Gasteiger partial charge on any atom is 0.419 e. The summed E-state index contributed by atoms with van der Waals surface area (Å²) in [6, 6.07) is 11.9. The molecule has 1 amide bonds. The van der Waals surface area contributed by atoms with Crippen LogP contribution in [-0.4, -0.2) is 29.0 Å². The highest BCUT2D eigenvalue weighted by atomic mass is 19.4. The number of carbonyl (C=O) groups is 1. The molecule has 0 atom stereocenters. The molecule has 0 radical (unpaired) electrons. The average Bonchev–Trinajstić information content (AvgIpc) is 2.84. The number of hydrogen-bond donors (Lipinski definition) is 2. The number of nitrogens with zero attached hydrogens (tertiary/aromatic N) is 2. The molecule has 1 saturated heterocycles. The van der Waals surface area contributed by atoms with Gasteiger partial charge >= 0.3 is 6.18 Å². The van der Waals surface area contributed by atoms with E-state index in [1.807, 2.05) is 12.1 Å². The zero-order chi connectivity index (χ0) is 25.7. The molecule has 36 heavy (non-hydrogen) atoms. The van der Waals surface area contributed by atoms with Gasteiger partial charge in [0.15, 0.2) is 0 Å². The van der Waals surface area contributed by atoms with Crippen molar-refractivity contribution in [1.29, 1.82) is 0 Å². The van der Waals surface area contributed by atoms with Gasteiger partial charge in [-0.2, -0.15) is 13.2 Å². The van der Waals surface area contributed by atoms with Crippen LogP contribution in [0.15, 0.2) is 48.7 Å². The fourth-order valence-electron chi connectivity index (χ4n) is 4.66. The van der Waals surface area contributed by atoms with E-state index in [4.69, 9.17) is 5.73 Å². The summed E-state index contributed by atoms with van der Waals surface area (Å²) in [5.41, 5.74) is 7.27. The summed E-state index contributed by atoms with van der Waals surface area (Å²) in [4.78, 5) is 19.6. The summed E-state index contributed by atoms with van der Waals surface area (Å²) >= 11 is 0. The first-order valence-electron chi connectivity index (χ1n) is 12.0. The summed E-state index contributed by atoms with van der Waals surface area (Å²) < 4.78 is 54.8. The maximum atomic E-state index is 13.8. The SMILES string of the molecule is NC(=O)Cc1ccc(F)cc1CCc1nc(Cc2ccc(C3CCNCC3)cc2)ncc1C(F)(F)F. The summed E-state index contributed by atoms with van der Waals surface area (Å²) in [5.74, 6) is -0.347. The van der Waals surface area contributed by atoms with Crippen LogP contribution in [0, 0.1) is 5.82 Å². The minimum Gasteiger partial charge on any atom is -0.369 e. The first-order chi connectivity index (χ1) is 17.2. The van der Waals surface area contributed by atoms with Crippen molar-refractivity contribution in [3.63, 3.8) is 0 Å². The van der Waals surface area contributed by atoms with Gasteiger partial charge in [-0.15, -0.1) is 0 Å². The van der Waals surface area contributed by atoms with Gasteiger partial charge in [0.05, 0.1) is 17.7 Å². The molecular weight excluding hydrogens is 472 g/mol. The van der Waals surface area contributed by atoms with Gasteiger partial charge < -0.3 is 11.1 Å².